The Bertz CT molecular complexity index is 924. The standard InChI is InChI=1S/C11H15N5O.C8H10O2S/c17-11(10-3-12-15-14-10)16-4-6-7(5-16)9-2-1-8(6)13-9;1-7-3-5-8(6-4-7)11(2,9)10/h3,6-9,13H,1-2,4-5H2,(H,12,14,15);3-6H,1-2H3/t6-,7+,8-,9+;. The molecule has 1 aromatic heterocycles. The van der Waals surface area contributed by atoms with Gasteiger partial charge in [-0.05, 0) is 43.7 Å². The molecule has 0 unspecified atom stereocenters. The van der Waals surface area contributed by atoms with Gasteiger partial charge in [0.2, 0.25) is 0 Å². The van der Waals surface area contributed by atoms with Gasteiger partial charge in [-0.15, -0.1) is 0 Å². The van der Waals surface area contributed by atoms with Gasteiger partial charge in [-0.25, -0.2) is 8.42 Å². The molecule has 5 rings (SSSR count). The summed E-state index contributed by atoms with van der Waals surface area (Å²) in [7, 11) is -3.02. The van der Waals surface area contributed by atoms with Crippen LogP contribution < -0.4 is 5.32 Å². The van der Waals surface area contributed by atoms with Crippen molar-refractivity contribution in [2.45, 2.75) is 36.7 Å². The monoisotopic (exact) mass is 403 g/mol. The fourth-order valence-electron chi connectivity index (χ4n) is 4.60. The summed E-state index contributed by atoms with van der Waals surface area (Å²) in [5.41, 5.74) is 1.50. The number of fused-ring (bicyclic) bond motifs is 5. The second-order valence-corrected chi connectivity index (χ2v) is 9.95. The minimum Gasteiger partial charge on any atom is -0.337 e. The first-order valence-electron chi connectivity index (χ1n) is 9.51. The van der Waals surface area contributed by atoms with Crippen molar-refractivity contribution >= 4 is 15.7 Å². The summed E-state index contributed by atoms with van der Waals surface area (Å²) < 4.78 is 21.9. The third-order valence-electron chi connectivity index (χ3n) is 6.03. The number of carbonyl (C=O) groups excluding carboxylic acids is 1. The van der Waals surface area contributed by atoms with Crippen molar-refractivity contribution in [2.24, 2.45) is 11.8 Å². The van der Waals surface area contributed by atoms with E-state index in [1.807, 2.05) is 11.8 Å². The minimum atomic E-state index is -3.02. The van der Waals surface area contributed by atoms with Crippen LogP contribution in [0.1, 0.15) is 28.9 Å². The maximum atomic E-state index is 12.2. The molecule has 2 aromatic rings. The van der Waals surface area contributed by atoms with Crippen molar-refractivity contribution in [3.8, 4) is 0 Å². The van der Waals surface area contributed by atoms with Gasteiger partial charge >= 0.3 is 0 Å². The Hall–Kier alpha value is -2.26. The number of aryl methyl sites for hydroxylation is 1. The number of aromatic nitrogens is 3. The van der Waals surface area contributed by atoms with Gasteiger partial charge in [-0.1, -0.05) is 17.7 Å². The average Bonchev–Trinajstić information content (AvgIpc) is 3.43. The van der Waals surface area contributed by atoms with E-state index in [-0.39, 0.29) is 5.91 Å². The van der Waals surface area contributed by atoms with Crippen molar-refractivity contribution in [1.29, 1.82) is 0 Å². The van der Waals surface area contributed by atoms with Gasteiger partial charge in [0.1, 0.15) is 0 Å². The van der Waals surface area contributed by atoms with Crippen LogP contribution in [0.5, 0.6) is 0 Å². The van der Waals surface area contributed by atoms with Gasteiger partial charge in [0, 0.05) is 31.4 Å². The molecule has 4 heterocycles. The van der Waals surface area contributed by atoms with E-state index in [0.29, 0.717) is 34.5 Å². The summed E-state index contributed by atoms with van der Waals surface area (Å²) in [6.07, 6.45) is 5.26. The number of nitrogens with zero attached hydrogens (tertiary/aromatic N) is 3. The van der Waals surface area contributed by atoms with Crippen LogP contribution >= 0.6 is 0 Å². The second-order valence-electron chi connectivity index (χ2n) is 7.94. The van der Waals surface area contributed by atoms with Crippen LogP contribution in [0.15, 0.2) is 35.4 Å². The lowest BCUT2D eigenvalue weighted by atomic mass is 9.82. The van der Waals surface area contributed by atoms with Crippen molar-refractivity contribution in [3.05, 3.63) is 41.7 Å². The molecule has 4 atom stereocenters. The van der Waals surface area contributed by atoms with E-state index in [9.17, 15) is 13.2 Å². The molecule has 0 aliphatic carbocycles. The zero-order valence-electron chi connectivity index (χ0n) is 16.0. The van der Waals surface area contributed by atoms with Gasteiger partial charge in [0.05, 0.1) is 11.1 Å². The zero-order valence-corrected chi connectivity index (χ0v) is 16.8. The van der Waals surface area contributed by atoms with Crippen LogP contribution in [0.4, 0.5) is 0 Å². The SMILES string of the molecule is Cc1ccc(S(C)(=O)=O)cc1.O=C(c1cn[nH]n1)N1C[C@@H]2[C@H](C1)[C@@H]1CC[C@H]2N1. The van der Waals surface area contributed by atoms with Crippen LogP contribution in [-0.2, 0) is 9.84 Å². The van der Waals surface area contributed by atoms with Gasteiger partial charge < -0.3 is 10.2 Å². The maximum Gasteiger partial charge on any atom is 0.276 e. The van der Waals surface area contributed by atoms with Crippen LogP contribution in [0.3, 0.4) is 0 Å². The van der Waals surface area contributed by atoms with Crippen LogP contribution in [0, 0.1) is 18.8 Å². The highest BCUT2D eigenvalue weighted by molar-refractivity contribution is 7.90. The first-order valence-corrected chi connectivity index (χ1v) is 11.4. The fourth-order valence-corrected chi connectivity index (χ4v) is 5.23. The molecule has 0 saturated carbocycles. The van der Waals surface area contributed by atoms with E-state index in [1.165, 1.54) is 25.3 Å². The molecule has 0 radical (unpaired) electrons. The normalized spacial score (nSPS) is 28.0. The Balaban J connectivity index is 0.000000153. The summed E-state index contributed by atoms with van der Waals surface area (Å²) in [4.78, 5) is 14.5. The zero-order chi connectivity index (χ0) is 19.9. The Morgan fingerprint density at radius 3 is 2.21 bits per heavy atom. The number of aromatic amines is 1. The number of hydrogen-bond donors (Lipinski definition) is 2. The van der Waals surface area contributed by atoms with Crippen molar-refractivity contribution in [2.75, 3.05) is 19.3 Å². The highest BCUT2D eigenvalue weighted by Gasteiger charge is 2.52. The number of H-pyrrole nitrogens is 1. The highest BCUT2D eigenvalue weighted by atomic mass is 32.2. The number of rotatable bonds is 2. The second kappa shape index (κ2) is 7.29. The largest absolute Gasteiger partial charge is 0.337 e. The molecule has 3 saturated heterocycles. The summed E-state index contributed by atoms with van der Waals surface area (Å²) in [6, 6.07) is 8.09. The summed E-state index contributed by atoms with van der Waals surface area (Å²) in [5.74, 6) is 1.33. The Kier molecular flexibility index (Phi) is 4.96. The number of sulfone groups is 1. The summed E-state index contributed by atoms with van der Waals surface area (Å²) in [6.45, 7) is 3.68. The Morgan fingerprint density at radius 2 is 1.71 bits per heavy atom. The van der Waals surface area contributed by atoms with Crippen molar-refractivity contribution < 1.29 is 13.2 Å². The van der Waals surface area contributed by atoms with Gasteiger partial charge in [0.15, 0.2) is 15.5 Å². The third-order valence-corrected chi connectivity index (χ3v) is 7.16. The molecule has 9 heteroatoms. The van der Waals surface area contributed by atoms with E-state index < -0.39 is 9.84 Å². The van der Waals surface area contributed by atoms with Crippen molar-refractivity contribution in [3.63, 3.8) is 0 Å². The van der Waals surface area contributed by atoms with E-state index in [4.69, 9.17) is 0 Å². The average molecular weight is 404 g/mol. The summed E-state index contributed by atoms with van der Waals surface area (Å²) >= 11 is 0. The quantitative estimate of drug-likeness (QED) is 0.775. The maximum absolute atomic E-state index is 12.2. The Morgan fingerprint density at radius 1 is 1.11 bits per heavy atom. The molecule has 8 nitrogen and oxygen atoms in total. The molecule has 2 N–H and O–H groups in total. The number of carbonyl (C=O) groups is 1. The molecule has 3 aliphatic heterocycles. The molecule has 1 amide bonds. The molecule has 3 aliphatic rings. The number of nitrogens with one attached hydrogen (secondary N) is 2. The molecule has 28 heavy (non-hydrogen) atoms. The molecule has 0 spiro atoms. The van der Waals surface area contributed by atoms with E-state index in [0.717, 1.165) is 18.7 Å². The van der Waals surface area contributed by atoms with E-state index in [1.54, 1.807) is 24.3 Å². The van der Waals surface area contributed by atoms with Crippen LogP contribution in [-0.4, -0.2) is 66.1 Å². The van der Waals surface area contributed by atoms with Gasteiger partial charge in [0.25, 0.3) is 5.91 Å². The fraction of sp³-hybridized carbons (Fsp3) is 0.526. The molecule has 2 bridgehead atoms. The first-order chi connectivity index (χ1) is 13.3. The predicted molar refractivity (Wildman–Crippen MR) is 104 cm³/mol. The predicted octanol–water partition coefficient (Wildman–Crippen LogP) is 1.03. The third kappa shape index (κ3) is 3.68. The molecular formula is C19H25N5O3S. The number of amides is 1. The Labute approximate surface area is 164 Å². The van der Waals surface area contributed by atoms with Crippen molar-refractivity contribution in [1.82, 2.24) is 25.6 Å². The molecule has 1 aromatic carbocycles. The lowest BCUT2D eigenvalue weighted by molar-refractivity contribution is 0.0773. The first kappa shape index (κ1) is 19.1. The van der Waals surface area contributed by atoms with Crippen LogP contribution in [0.25, 0.3) is 0 Å². The van der Waals surface area contributed by atoms with E-state index >= 15 is 0 Å². The lowest BCUT2D eigenvalue weighted by Gasteiger charge is -2.19. The highest BCUT2D eigenvalue weighted by Crippen LogP contribution is 2.43. The molecule has 150 valence electrons. The molecular weight excluding hydrogens is 378 g/mol. The van der Waals surface area contributed by atoms with E-state index in [2.05, 4.69) is 20.7 Å². The van der Waals surface area contributed by atoms with Crippen LogP contribution in [0.2, 0.25) is 0 Å². The molecule has 3 fully saturated rings. The lowest BCUT2D eigenvalue weighted by Crippen LogP contribution is -2.35. The smallest absolute Gasteiger partial charge is 0.276 e. The van der Waals surface area contributed by atoms with Gasteiger partial charge in [-0.2, -0.15) is 15.4 Å². The number of benzene rings is 1. The number of hydrogen-bond acceptors (Lipinski definition) is 6. The van der Waals surface area contributed by atoms with Gasteiger partial charge in [-0.3, -0.25) is 4.79 Å². The topological polar surface area (TPSA) is 108 Å². The minimum absolute atomic E-state index is 0.0209. The number of likely N-dealkylation sites (tertiary alicyclic amines) is 1. The summed E-state index contributed by atoms with van der Waals surface area (Å²) in [5, 5.41) is 13.7.